The topological polar surface area (TPSA) is 78.7 Å². The van der Waals surface area contributed by atoms with Crippen LogP contribution in [0, 0.1) is 0 Å². The summed E-state index contributed by atoms with van der Waals surface area (Å²) in [5, 5.41) is 2.37. The van der Waals surface area contributed by atoms with Crippen molar-refractivity contribution in [2.75, 3.05) is 42.9 Å². The predicted molar refractivity (Wildman–Crippen MR) is 104 cm³/mol. The van der Waals surface area contributed by atoms with Crippen LogP contribution in [0.15, 0.2) is 48.5 Å². The number of hydrogen-bond acceptors (Lipinski definition) is 4. The fraction of sp³-hybridized carbons (Fsp3) is 0.300. The summed E-state index contributed by atoms with van der Waals surface area (Å²) in [4.78, 5) is 27.4. The lowest BCUT2D eigenvalue weighted by atomic mass is 10.1. The van der Waals surface area contributed by atoms with Gasteiger partial charge in [-0.15, -0.1) is 0 Å². The molecule has 9 heteroatoms. The van der Waals surface area contributed by atoms with Crippen LogP contribution in [0.1, 0.15) is 15.9 Å². The molecule has 1 aliphatic heterocycles. The summed E-state index contributed by atoms with van der Waals surface area (Å²) in [6.07, 6.45) is -4.53. The average molecular weight is 406 g/mol. The zero-order chi connectivity index (χ0) is 21.0. The Morgan fingerprint density at radius 1 is 0.966 bits per heavy atom. The van der Waals surface area contributed by atoms with Crippen molar-refractivity contribution >= 4 is 23.2 Å². The maximum atomic E-state index is 13.0. The molecule has 1 aliphatic rings. The van der Waals surface area contributed by atoms with E-state index in [0.29, 0.717) is 31.7 Å². The Balaban J connectivity index is 1.53. The molecule has 0 aromatic heterocycles. The minimum absolute atomic E-state index is 0.0145. The number of rotatable bonds is 5. The highest BCUT2D eigenvalue weighted by Crippen LogP contribution is 2.34. The molecule has 29 heavy (non-hydrogen) atoms. The van der Waals surface area contributed by atoms with E-state index in [9.17, 15) is 22.8 Å². The maximum absolute atomic E-state index is 13.0. The van der Waals surface area contributed by atoms with Crippen molar-refractivity contribution < 1.29 is 22.8 Å². The number of hydrogen-bond donors (Lipinski definition) is 2. The van der Waals surface area contributed by atoms with Crippen LogP contribution in [0.5, 0.6) is 0 Å². The Morgan fingerprint density at radius 2 is 1.59 bits per heavy atom. The number of anilines is 2. The number of nitrogens with one attached hydrogen (secondary N) is 1. The SMILES string of the molecule is NC(=O)c1ccc(N2CCN(CC(=O)Nc3ccccc3C(F)(F)F)CC2)cc1. The molecule has 0 bridgehead atoms. The molecule has 0 unspecified atom stereocenters. The van der Waals surface area contributed by atoms with Crippen molar-refractivity contribution in [3.63, 3.8) is 0 Å². The van der Waals surface area contributed by atoms with E-state index in [-0.39, 0.29) is 12.2 Å². The molecule has 6 nitrogen and oxygen atoms in total. The smallest absolute Gasteiger partial charge is 0.369 e. The van der Waals surface area contributed by atoms with Gasteiger partial charge in [0.1, 0.15) is 0 Å². The van der Waals surface area contributed by atoms with Gasteiger partial charge in [0.05, 0.1) is 17.8 Å². The second-order valence-electron chi connectivity index (χ2n) is 6.77. The van der Waals surface area contributed by atoms with E-state index in [2.05, 4.69) is 10.2 Å². The molecule has 0 radical (unpaired) electrons. The van der Waals surface area contributed by atoms with Gasteiger partial charge in [-0.25, -0.2) is 0 Å². The average Bonchev–Trinajstić information content (AvgIpc) is 2.68. The first-order chi connectivity index (χ1) is 13.7. The molecule has 154 valence electrons. The van der Waals surface area contributed by atoms with Crippen molar-refractivity contribution in [2.45, 2.75) is 6.18 Å². The molecule has 3 rings (SSSR count). The summed E-state index contributed by atoms with van der Waals surface area (Å²) in [5.41, 5.74) is 5.51. The lowest BCUT2D eigenvalue weighted by Crippen LogP contribution is -2.48. The zero-order valence-corrected chi connectivity index (χ0v) is 15.6. The first kappa shape index (κ1) is 20.7. The minimum atomic E-state index is -4.53. The fourth-order valence-corrected chi connectivity index (χ4v) is 3.23. The summed E-state index contributed by atoms with van der Waals surface area (Å²) in [5.74, 6) is -0.972. The van der Waals surface area contributed by atoms with Gasteiger partial charge in [0.2, 0.25) is 11.8 Å². The normalized spacial score (nSPS) is 15.2. The van der Waals surface area contributed by atoms with Crippen molar-refractivity contribution in [3.05, 3.63) is 59.7 Å². The Kier molecular flexibility index (Phi) is 6.07. The molecule has 2 amide bonds. The number of para-hydroxylation sites is 1. The summed E-state index contributed by atoms with van der Waals surface area (Å²) in [7, 11) is 0. The number of nitrogens with zero attached hydrogens (tertiary/aromatic N) is 2. The third-order valence-electron chi connectivity index (χ3n) is 4.76. The maximum Gasteiger partial charge on any atom is 0.418 e. The number of benzene rings is 2. The summed E-state index contributed by atoms with van der Waals surface area (Å²) < 4.78 is 39.1. The number of piperazine rings is 1. The fourth-order valence-electron chi connectivity index (χ4n) is 3.23. The number of primary amides is 1. The molecule has 3 N–H and O–H groups in total. The number of amides is 2. The largest absolute Gasteiger partial charge is 0.418 e. The lowest BCUT2D eigenvalue weighted by molar-refractivity contribution is -0.137. The van der Waals surface area contributed by atoms with Crippen molar-refractivity contribution in [3.8, 4) is 0 Å². The van der Waals surface area contributed by atoms with Crippen LogP contribution in [0.4, 0.5) is 24.5 Å². The van der Waals surface area contributed by atoms with Gasteiger partial charge in [-0.2, -0.15) is 13.2 Å². The van der Waals surface area contributed by atoms with Crippen LogP contribution in [0.25, 0.3) is 0 Å². The first-order valence-electron chi connectivity index (χ1n) is 9.07. The van der Waals surface area contributed by atoms with Crippen molar-refractivity contribution in [1.82, 2.24) is 4.90 Å². The van der Waals surface area contributed by atoms with E-state index in [1.54, 1.807) is 12.1 Å². The molecular weight excluding hydrogens is 385 g/mol. The molecule has 2 aromatic rings. The Bertz CT molecular complexity index is 876. The molecule has 0 aliphatic carbocycles. The van der Waals surface area contributed by atoms with Crippen LogP contribution in [-0.4, -0.2) is 49.4 Å². The third-order valence-corrected chi connectivity index (χ3v) is 4.76. The Labute approximate surface area is 166 Å². The molecule has 1 heterocycles. The van der Waals surface area contributed by atoms with Gasteiger partial charge < -0.3 is 16.0 Å². The molecular formula is C20H21F3N4O2. The van der Waals surface area contributed by atoms with E-state index in [4.69, 9.17) is 5.73 Å². The lowest BCUT2D eigenvalue weighted by Gasteiger charge is -2.35. The van der Waals surface area contributed by atoms with Gasteiger partial charge in [0, 0.05) is 37.4 Å². The van der Waals surface area contributed by atoms with Crippen molar-refractivity contribution in [2.24, 2.45) is 5.73 Å². The highest BCUT2D eigenvalue weighted by atomic mass is 19.4. The molecule has 1 fully saturated rings. The summed E-state index contributed by atoms with van der Waals surface area (Å²) in [6.45, 7) is 2.50. The van der Waals surface area contributed by atoms with Gasteiger partial charge in [-0.3, -0.25) is 14.5 Å². The summed E-state index contributed by atoms with van der Waals surface area (Å²) in [6, 6.07) is 11.9. The van der Waals surface area contributed by atoms with E-state index in [0.717, 1.165) is 11.8 Å². The van der Waals surface area contributed by atoms with Crippen LogP contribution in [0.2, 0.25) is 0 Å². The second-order valence-corrected chi connectivity index (χ2v) is 6.77. The zero-order valence-electron chi connectivity index (χ0n) is 15.6. The van der Waals surface area contributed by atoms with Gasteiger partial charge in [-0.1, -0.05) is 12.1 Å². The van der Waals surface area contributed by atoms with Crippen LogP contribution in [0.3, 0.4) is 0 Å². The standard InChI is InChI=1S/C20H21F3N4O2/c21-20(22,23)16-3-1-2-4-17(16)25-18(28)13-26-9-11-27(12-10-26)15-7-5-14(6-8-15)19(24)29/h1-8H,9-13H2,(H2,24,29)(H,25,28). The monoisotopic (exact) mass is 406 g/mol. The highest BCUT2D eigenvalue weighted by Gasteiger charge is 2.33. The minimum Gasteiger partial charge on any atom is -0.369 e. The molecule has 2 aromatic carbocycles. The number of carbonyl (C=O) groups excluding carboxylic acids is 2. The second kappa shape index (κ2) is 8.52. The summed E-state index contributed by atoms with van der Waals surface area (Å²) >= 11 is 0. The molecule has 0 atom stereocenters. The van der Waals surface area contributed by atoms with E-state index >= 15 is 0 Å². The van der Waals surface area contributed by atoms with E-state index in [1.807, 2.05) is 17.0 Å². The molecule has 0 saturated carbocycles. The van der Waals surface area contributed by atoms with Gasteiger partial charge in [0.25, 0.3) is 0 Å². The van der Waals surface area contributed by atoms with Gasteiger partial charge in [-0.05, 0) is 36.4 Å². The van der Waals surface area contributed by atoms with Gasteiger partial charge in [0.15, 0.2) is 0 Å². The number of alkyl halides is 3. The van der Waals surface area contributed by atoms with Crippen LogP contribution < -0.4 is 16.0 Å². The highest BCUT2D eigenvalue weighted by molar-refractivity contribution is 5.93. The van der Waals surface area contributed by atoms with Crippen LogP contribution >= 0.6 is 0 Å². The Morgan fingerprint density at radius 3 is 2.17 bits per heavy atom. The third kappa shape index (κ3) is 5.26. The first-order valence-corrected chi connectivity index (χ1v) is 9.07. The number of carbonyl (C=O) groups is 2. The Hall–Kier alpha value is -3.07. The van der Waals surface area contributed by atoms with E-state index < -0.39 is 23.6 Å². The van der Waals surface area contributed by atoms with E-state index in [1.165, 1.54) is 18.2 Å². The van der Waals surface area contributed by atoms with Crippen molar-refractivity contribution in [1.29, 1.82) is 0 Å². The van der Waals surface area contributed by atoms with Crippen LogP contribution in [-0.2, 0) is 11.0 Å². The van der Waals surface area contributed by atoms with Gasteiger partial charge >= 0.3 is 6.18 Å². The number of nitrogens with two attached hydrogens (primary N) is 1. The molecule has 0 spiro atoms. The number of halogens is 3. The predicted octanol–water partition coefficient (Wildman–Crippen LogP) is 2.57. The quantitative estimate of drug-likeness (QED) is 0.800. The molecule has 1 saturated heterocycles.